The zero-order valence-corrected chi connectivity index (χ0v) is 19.2. The van der Waals surface area contributed by atoms with Crippen molar-refractivity contribution in [1.82, 2.24) is 0 Å². The maximum Gasteiger partial charge on any atom is 0.156 e. The summed E-state index contributed by atoms with van der Waals surface area (Å²) in [7, 11) is 0. The van der Waals surface area contributed by atoms with E-state index in [0.29, 0.717) is 23.2 Å². The number of allylic oxidation sites excluding steroid dienone is 4. The van der Waals surface area contributed by atoms with E-state index in [1.807, 2.05) is 6.08 Å². The third-order valence-electron chi connectivity index (χ3n) is 10.3. The largest absolute Gasteiger partial charge is 0.367 e. The molecule has 5 rings (SSSR count). The summed E-state index contributed by atoms with van der Waals surface area (Å²) in [5.74, 6) is 4.27. The number of hydrogen-bond acceptors (Lipinski definition) is 2. The molecule has 0 aromatic rings. The summed E-state index contributed by atoms with van der Waals surface area (Å²) in [6, 6.07) is 0. The molecule has 1 saturated heterocycles. The summed E-state index contributed by atoms with van der Waals surface area (Å²) in [4.78, 5) is 12.0. The third kappa shape index (κ3) is 3.03. The molecule has 0 bridgehead atoms. The number of epoxide rings is 1. The second-order valence-corrected chi connectivity index (χ2v) is 12.1. The zero-order chi connectivity index (χ0) is 20.6. The van der Waals surface area contributed by atoms with Crippen LogP contribution in [-0.4, -0.2) is 17.5 Å². The van der Waals surface area contributed by atoms with Gasteiger partial charge in [0.05, 0.1) is 11.7 Å². The van der Waals surface area contributed by atoms with E-state index >= 15 is 0 Å². The van der Waals surface area contributed by atoms with Crippen molar-refractivity contribution >= 4 is 5.78 Å². The Bertz CT molecular complexity index is 760. The van der Waals surface area contributed by atoms with Crippen molar-refractivity contribution in [1.29, 1.82) is 0 Å². The van der Waals surface area contributed by atoms with Crippen molar-refractivity contribution in [2.24, 2.45) is 40.4 Å². The van der Waals surface area contributed by atoms with Gasteiger partial charge in [-0.25, -0.2) is 0 Å². The Hall–Kier alpha value is -0.890. The topological polar surface area (TPSA) is 29.6 Å². The molecule has 8 atom stereocenters. The minimum absolute atomic E-state index is 0.134. The lowest BCUT2D eigenvalue weighted by molar-refractivity contribution is -0.116. The highest BCUT2D eigenvalue weighted by atomic mass is 16.6. The second-order valence-electron chi connectivity index (χ2n) is 12.1. The van der Waals surface area contributed by atoms with Crippen LogP contribution in [0.1, 0.15) is 86.0 Å². The molecule has 160 valence electrons. The van der Waals surface area contributed by atoms with E-state index in [1.54, 1.807) is 0 Å². The molecule has 2 saturated carbocycles. The van der Waals surface area contributed by atoms with E-state index in [4.69, 9.17) is 4.74 Å². The fourth-order valence-corrected chi connectivity index (χ4v) is 8.33. The Morgan fingerprint density at radius 1 is 1.10 bits per heavy atom. The van der Waals surface area contributed by atoms with E-state index in [2.05, 4.69) is 46.8 Å². The molecular weight excluding hydrogens is 356 g/mol. The first-order valence-electron chi connectivity index (χ1n) is 12.3. The van der Waals surface area contributed by atoms with Crippen molar-refractivity contribution in [3.05, 3.63) is 23.8 Å². The fourth-order valence-electron chi connectivity index (χ4n) is 8.33. The highest BCUT2D eigenvalue weighted by molar-refractivity contribution is 5.92. The lowest BCUT2D eigenvalue weighted by Crippen LogP contribution is -2.49. The molecule has 2 nitrogen and oxygen atoms in total. The van der Waals surface area contributed by atoms with Gasteiger partial charge in [0.2, 0.25) is 0 Å². The predicted molar refractivity (Wildman–Crippen MR) is 117 cm³/mol. The Kier molecular flexibility index (Phi) is 4.53. The first-order valence-corrected chi connectivity index (χ1v) is 12.3. The first kappa shape index (κ1) is 20.0. The van der Waals surface area contributed by atoms with E-state index in [0.717, 1.165) is 36.5 Å². The van der Waals surface area contributed by atoms with Gasteiger partial charge in [-0.05, 0) is 111 Å². The molecule has 1 heterocycles. The van der Waals surface area contributed by atoms with E-state index in [-0.39, 0.29) is 11.0 Å². The van der Waals surface area contributed by atoms with Gasteiger partial charge in [0.15, 0.2) is 5.78 Å². The van der Waals surface area contributed by atoms with E-state index < -0.39 is 0 Å². The van der Waals surface area contributed by atoms with Crippen LogP contribution in [0.2, 0.25) is 0 Å². The quantitative estimate of drug-likeness (QED) is 0.507. The number of hydrogen-bond donors (Lipinski definition) is 0. The van der Waals surface area contributed by atoms with E-state index in [9.17, 15) is 4.79 Å². The van der Waals surface area contributed by atoms with Gasteiger partial charge in [0.25, 0.3) is 0 Å². The third-order valence-corrected chi connectivity index (χ3v) is 10.3. The standard InChI is InChI=1S/C27H40O2/c1-17(6-11-24-25(2,3)29-24)21-9-10-22-20-8-7-18-16-19(28)12-14-26(18,4)23(20)13-15-27(21,22)5/h7-8,16-17,20-24H,6,9-15H2,1-5H3/t17-,20?,21-,22+,23+,24?,26?,27?/m1/s1. The Morgan fingerprint density at radius 2 is 1.86 bits per heavy atom. The van der Waals surface area contributed by atoms with Gasteiger partial charge in [0.1, 0.15) is 0 Å². The predicted octanol–water partition coefficient (Wildman–Crippen LogP) is 6.50. The highest BCUT2D eigenvalue weighted by Crippen LogP contribution is 2.66. The minimum Gasteiger partial charge on any atom is -0.367 e. The summed E-state index contributed by atoms with van der Waals surface area (Å²) >= 11 is 0. The van der Waals surface area contributed by atoms with Crippen LogP contribution in [0, 0.1) is 40.4 Å². The maximum atomic E-state index is 12.0. The molecule has 0 aromatic heterocycles. The summed E-state index contributed by atoms with van der Waals surface area (Å²) in [5, 5.41) is 0. The van der Waals surface area contributed by atoms with E-state index in [1.165, 1.54) is 44.1 Å². The number of carbonyl (C=O) groups excluding carboxylic acids is 1. The normalized spacial score (nSPS) is 48.4. The monoisotopic (exact) mass is 396 g/mol. The lowest BCUT2D eigenvalue weighted by atomic mass is 9.48. The van der Waals surface area contributed by atoms with Crippen LogP contribution in [-0.2, 0) is 9.53 Å². The summed E-state index contributed by atoms with van der Waals surface area (Å²) in [6.45, 7) is 12.1. The van der Waals surface area contributed by atoms with Crippen molar-refractivity contribution in [2.45, 2.75) is 97.7 Å². The van der Waals surface area contributed by atoms with Crippen molar-refractivity contribution in [3.63, 3.8) is 0 Å². The molecule has 4 unspecified atom stereocenters. The van der Waals surface area contributed by atoms with Crippen LogP contribution in [0.25, 0.3) is 0 Å². The van der Waals surface area contributed by atoms with Crippen LogP contribution in [0.15, 0.2) is 23.8 Å². The molecule has 0 amide bonds. The van der Waals surface area contributed by atoms with Crippen molar-refractivity contribution < 1.29 is 9.53 Å². The SMILES string of the molecule is C[C@H](CCC1OC1(C)C)[C@H]1CC[C@H]2C3C=CC4=CC(=O)CCC4(C)[C@H]3CCC12C. The van der Waals surface area contributed by atoms with Gasteiger partial charge in [-0.3, -0.25) is 4.79 Å². The van der Waals surface area contributed by atoms with Gasteiger partial charge in [-0.2, -0.15) is 0 Å². The molecule has 0 radical (unpaired) electrons. The molecular formula is C27H40O2. The second kappa shape index (κ2) is 6.55. The summed E-state index contributed by atoms with van der Waals surface area (Å²) in [6.07, 6.45) is 17.2. The van der Waals surface area contributed by atoms with Gasteiger partial charge < -0.3 is 4.74 Å². The van der Waals surface area contributed by atoms with Gasteiger partial charge in [-0.15, -0.1) is 0 Å². The Balaban J connectivity index is 1.33. The lowest BCUT2D eigenvalue weighted by Gasteiger charge is -2.56. The molecule has 4 aliphatic carbocycles. The van der Waals surface area contributed by atoms with Crippen LogP contribution in [0.4, 0.5) is 0 Å². The van der Waals surface area contributed by atoms with Gasteiger partial charge in [-0.1, -0.05) is 32.9 Å². The Morgan fingerprint density at radius 3 is 2.59 bits per heavy atom. The number of fused-ring (bicyclic) bond motifs is 5. The van der Waals surface area contributed by atoms with Crippen LogP contribution in [0.3, 0.4) is 0 Å². The van der Waals surface area contributed by atoms with Crippen LogP contribution >= 0.6 is 0 Å². The maximum absolute atomic E-state index is 12.0. The fraction of sp³-hybridized carbons (Fsp3) is 0.815. The average molecular weight is 397 g/mol. The van der Waals surface area contributed by atoms with Crippen LogP contribution < -0.4 is 0 Å². The number of ketones is 1. The zero-order valence-electron chi connectivity index (χ0n) is 19.2. The molecule has 5 aliphatic rings. The van der Waals surface area contributed by atoms with Gasteiger partial charge >= 0.3 is 0 Å². The molecule has 0 spiro atoms. The van der Waals surface area contributed by atoms with Crippen LogP contribution in [0.5, 0.6) is 0 Å². The minimum atomic E-state index is 0.134. The number of rotatable bonds is 4. The van der Waals surface area contributed by atoms with Crippen molar-refractivity contribution in [3.8, 4) is 0 Å². The van der Waals surface area contributed by atoms with Crippen molar-refractivity contribution in [2.75, 3.05) is 0 Å². The summed E-state index contributed by atoms with van der Waals surface area (Å²) < 4.78 is 5.85. The number of ether oxygens (including phenoxy) is 1. The average Bonchev–Trinajstić information content (AvgIpc) is 3.11. The molecule has 0 aromatic carbocycles. The Labute approximate surface area is 177 Å². The summed E-state index contributed by atoms with van der Waals surface area (Å²) in [5.41, 5.74) is 2.18. The molecule has 1 aliphatic heterocycles. The number of carbonyl (C=O) groups is 1. The highest BCUT2D eigenvalue weighted by Gasteiger charge is 2.58. The molecule has 2 heteroatoms. The van der Waals surface area contributed by atoms with Gasteiger partial charge in [0, 0.05) is 6.42 Å². The smallest absolute Gasteiger partial charge is 0.156 e. The molecule has 29 heavy (non-hydrogen) atoms. The molecule has 3 fully saturated rings. The first-order chi connectivity index (χ1) is 13.6. The molecule has 0 N–H and O–H groups in total.